The zero-order valence-corrected chi connectivity index (χ0v) is 17.9. The number of aliphatic imine (C=N–C) groups is 1. The van der Waals surface area contributed by atoms with Gasteiger partial charge in [0.25, 0.3) is 0 Å². The number of fused-ring (bicyclic) bond motifs is 1. The first-order valence-electron chi connectivity index (χ1n) is 8.80. The monoisotopic (exact) mass is 394 g/mol. The fraction of sp³-hybridized carbons (Fsp3) is 0.364. The summed E-state index contributed by atoms with van der Waals surface area (Å²) in [6.45, 7) is 13.7. The average molecular weight is 394 g/mol. The van der Waals surface area contributed by atoms with Gasteiger partial charge >= 0.3 is 158 Å². The molecule has 0 bridgehead atoms. The van der Waals surface area contributed by atoms with E-state index in [-0.39, 0.29) is 26.1 Å². The molecule has 0 spiro atoms. The SMILES string of the molecule is CC(C)(C)C(=Nc1ccccc1)N1C(C(C)(C)C)=[As]c2ccccc21. The van der Waals surface area contributed by atoms with Gasteiger partial charge < -0.3 is 0 Å². The quantitative estimate of drug-likeness (QED) is 0.386. The van der Waals surface area contributed by atoms with Crippen molar-refractivity contribution < 1.29 is 0 Å². The van der Waals surface area contributed by atoms with Crippen molar-refractivity contribution >= 4 is 41.3 Å². The third-order valence-corrected chi connectivity index (χ3v) is 7.68. The summed E-state index contributed by atoms with van der Waals surface area (Å²) in [5.74, 6) is 1.13. The van der Waals surface area contributed by atoms with Gasteiger partial charge in [-0.2, -0.15) is 0 Å². The minimum atomic E-state index is -0.0507. The van der Waals surface area contributed by atoms with Crippen molar-refractivity contribution in [3.8, 4) is 0 Å². The second kappa shape index (κ2) is 6.57. The van der Waals surface area contributed by atoms with Gasteiger partial charge in [0.05, 0.1) is 0 Å². The van der Waals surface area contributed by atoms with Crippen molar-refractivity contribution in [2.24, 2.45) is 15.8 Å². The predicted molar refractivity (Wildman–Crippen MR) is 112 cm³/mol. The summed E-state index contributed by atoms with van der Waals surface area (Å²) in [5, 5.41) is 0. The van der Waals surface area contributed by atoms with Crippen LogP contribution in [0.4, 0.5) is 11.4 Å². The molecule has 2 aromatic carbocycles. The zero-order valence-electron chi connectivity index (χ0n) is 16.0. The van der Waals surface area contributed by atoms with Gasteiger partial charge in [0.15, 0.2) is 0 Å². The molecule has 0 N–H and O–H groups in total. The molecule has 0 saturated carbocycles. The molecule has 0 atom stereocenters. The Balaban J connectivity index is 2.21. The molecule has 0 saturated heterocycles. The fourth-order valence-corrected chi connectivity index (χ4v) is 5.68. The zero-order chi connectivity index (χ0) is 18.2. The number of amidine groups is 1. The van der Waals surface area contributed by atoms with Crippen molar-refractivity contribution in [3.63, 3.8) is 0 Å². The van der Waals surface area contributed by atoms with Crippen molar-refractivity contribution in [3.05, 3.63) is 54.6 Å². The van der Waals surface area contributed by atoms with E-state index in [1.807, 2.05) is 6.07 Å². The van der Waals surface area contributed by atoms with E-state index >= 15 is 0 Å². The van der Waals surface area contributed by atoms with Gasteiger partial charge in [0.2, 0.25) is 0 Å². The molecule has 3 rings (SSSR count). The molecule has 25 heavy (non-hydrogen) atoms. The molecule has 0 amide bonds. The third-order valence-electron chi connectivity index (χ3n) is 4.11. The van der Waals surface area contributed by atoms with Gasteiger partial charge in [-0.05, 0) is 0 Å². The first-order chi connectivity index (χ1) is 11.7. The molecule has 0 aromatic heterocycles. The van der Waals surface area contributed by atoms with Gasteiger partial charge in [-0.1, -0.05) is 0 Å². The number of benzene rings is 2. The number of anilines is 1. The number of hydrogen-bond donors (Lipinski definition) is 0. The van der Waals surface area contributed by atoms with Gasteiger partial charge in [0.1, 0.15) is 0 Å². The molecule has 2 aromatic rings. The number of hydrogen-bond acceptors (Lipinski definition) is 1. The topological polar surface area (TPSA) is 15.6 Å². The molecule has 0 aliphatic carbocycles. The molecule has 0 radical (unpaired) electrons. The maximum atomic E-state index is 5.11. The second-order valence-corrected chi connectivity index (χ2v) is 10.9. The van der Waals surface area contributed by atoms with E-state index in [1.54, 1.807) is 0 Å². The van der Waals surface area contributed by atoms with Crippen LogP contribution in [-0.4, -0.2) is 25.6 Å². The summed E-state index contributed by atoms with van der Waals surface area (Å²) in [6.07, 6.45) is 0. The van der Waals surface area contributed by atoms with Crippen molar-refractivity contribution in [2.75, 3.05) is 4.90 Å². The van der Waals surface area contributed by atoms with E-state index in [1.165, 1.54) is 14.5 Å². The maximum absolute atomic E-state index is 5.11. The summed E-state index contributed by atoms with van der Waals surface area (Å²) >= 11 is 0.00153. The number of para-hydroxylation sites is 2. The van der Waals surface area contributed by atoms with Crippen LogP contribution in [0.3, 0.4) is 0 Å². The van der Waals surface area contributed by atoms with Gasteiger partial charge in [0, 0.05) is 0 Å². The summed E-state index contributed by atoms with van der Waals surface area (Å²) in [6, 6.07) is 19.1. The molecule has 1 heterocycles. The van der Waals surface area contributed by atoms with E-state index in [0.717, 1.165) is 11.5 Å². The molecule has 1 aliphatic rings. The van der Waals surface area contributed by atoms with E-state index in [4.69, 9.17) is 4.99 Å². The molecular weight excluding hydrogens is 367 g/mol. The van der Waals surface area contributed by atoms with Crippen LogP contribution in [0, 0.1) is 10.8 Å². The standard InChI is InChI=1S/C22H27AsN2/c1-21(2,3)19-23-17-14-10-11-15-18(17)25(19)20(22(4,5)6)24-16-12-8-7-9-13-16/h7-15H,1-6H3. The molecule has 3 heteroatoms. The van der Waals surface area contributed by atoms with E-state index in [0.29, 0.717) is 0 Å². The molecule has 0 fully saturated rings. The molecule has 2 nitrogen and oxygen atoms in total. The summed E-state index contributed by atoms with van der Waals surface area (Å²) in [7, 11) is 0. The minimum absolute atomic E-state index is 0.00153. The van der Waals surface area contributed by atoms with E-state index in [2.05, 4.69) is 95.0 Å². The summed E-state index contributed by atoms with van der Waals surface area (Å²) < 4.78 is 2.99. The number of rotatable bonds is 1. The van der Waals surface area contributed by atoms with Gasteiger partial charge in [-0.3, -0.25) is 0 Å². The van der Waals surface area contributed by atoms with Crippen LogP contribution >= 0.6 is 0 Å². The molecule has 0 unspecified atom stereocenters. The van der Waals surface area contributed by atoms with Crippen LogP contribution in [-0.2, 0) is 0 Å². The molecule has 1 aliphatic heterocycles. The van der Waals surface area contributed by atoms with Crippen LogP contribution < -0.4 is 9.25 Å². The Morgan fingerprint density at radius 3 is 2.04 bits per heavy atom. The molecule has 130 valence electrons. The molecular formula is C22H27AsN2. The van der Waals surface area contributed by atoms with Crippen LogP contribution in [0.15, 0.2) is 59.6 Å². The van der Waals surface area contributed by atoms with Crippen LogP contribution in [0.25, 0.3) is 0 Å². The van der Waals surface area contributed by atoms with E-state index in [9.17, 15) is 0 Å². The predicted octanol–water partition coefficient (Wildman–Crippen LogP) is 4.79. The Bertz CT molecular complexity index is 821. The van der Waals surface area contributed by atoms with Crippen molar-refractivity contribution in [2.45, 2.75) is 41.5 Å². The third kappa shape index (κ3) is 3.80. The van der Waals surface area contributed by atoms with Crippen molar-refractivity contribution in [1.29, 1.82) is 0 Å². The average Bonchev–Trinajstić information content (AvgIpc) is 2.92. The fourth-order valence-electron chi connectivity index (χ4n) is 2.92. The van der Waals surface area contributed by atoms with Crippen LogP contribution in [0.5, 0.6) is 0 Å². The van der Waals surface area contributed by atoms with Gasteiger partial charge in [-0.25, -0.2) is 0 Å². The summed E-state index contributed by atoms with van der Waals surface area (Å²) in [5.41, 5.74) is 2.41. The Hall–Kier alpha value is -1.66. The first-order valence-corrected chi connectivity index (χ1v) is 10.7. The Labute approximate surface area is 158 Å². The second-order valence-electron chi connectivity index (χ2n) is 8.53. The Kier molecular flexibility index (Phi) is 4.77. The Morgan fingerprint density at radius 1 is 0.840 bits per heavy atom. The Morgan fingerprint density at radius 2 is 1.44 bits per heavy atom. The van der Waals surface area contributed by atoms with Crippen molar-refractivity contribution in [1.82, 2.24) is 0 Å². The van der Waals surface area contributed by atoms with E-state index < -0.39 is 0 Å². The van der Waals surface area contributed by atoms with Crippen LogP contribution in [0.2, 0.25) is 0 Å². The van der Waals surface area contributed by atoms with Crippen LogP contribution in [0.1, 0.15) is 41.5 Å². The van der Waals surface area contributed by atoms with Gasteiger partial charge in [-0.15, -0.1) is 0 Å². The normalized spacial score (nSPS) is 15.8. The first kappa shape index (κ1) is 18.1. The summed E-state index contributed by atoms with van der Waals surface area (Å²) in [4.78, 5) is 7.57. The number of nitrogens with zero attached hydrogens (tertiary/aromatic N) is 2.